The number of hydrogen-bond acceptors (Lipinski definition) is 7. The van der Waals surface area contributed by atoms with Crippen LogP contribution in [0.3, 0.4) is 0 Å². The summed E-state index contributed by atoms with van der Waals surface area (Å²) in [6.45, 7) is 6.04. The maximum absolute atomic E-state index is 12.3. The van der Waals surface area contributed by atoms with Crippen LogP contribution in [0.2, 0.25) is 0 Å². The van der Waals surface area contributed by atoms with Crippen molar-refractivity contribution >= 4 is 34.7 Å². The number of urea groups is 1. The molecule has 9 heteroatoms. The van der Waals surface area contributed by atoms with Gasteiger partial charge in [-0.3, -0.25) is 20.2 Å². The lowest BCUT2D eigenvalue weighted by molar-refractivity contribution is 0.157. The third-order valence-electron chi connectivity index (χ3n) is 6.35. The van der Waals surface area contributed by atoms with Crippen LogP contribution in [0, 0.1) is 0 Å². The number of nitrogens with zero attached hydrogens (tertiary/aromatic N) is 5. The van der Waals surface area contributed by atoms with Gasteiger partial charge in [0.1, 0.15) is 5.82 Å². The second kappa shape index (κ2) is 11.2. The van der Waals surface area contributed by atoms with Crippen molar-refractivity contribution in [2.24, 2.45) is 10.7 Å². The molecule has 1 saturated carbocycles. The van der Waals surface area contributed by atoms with Crippen molar-refractivity contribution in [3.63, 3.8) is 0 Å². The van der Waals surface area contributed by atoms with E-state index in [1.807, 2.05) is 12.1 Å². The number of hydrogen-bond donors (Lipinski definition) is 3. The highest BCUT2D eigenvalue weighted by Gasteiger charge is 2.17. The maximum atomic E-state index is 12.3. The summed E-state index contributed by atoms with van der Waals surface area (Å²) in [5.74, 6) is 0.496. The monoisotopic (exact) mass is 450 g/mol. The molecule has 9 nitrogen and oxygen atoms in total. The fourth-order valence-corrected chi connectivity index (χ4v) is 4.29. The van der Waals surface area contributed by atoms with Gasteiger partial charge in [0.15, 0.2) is 0 Å². The molecule has 0 atom stereocenters. The molecule has 2 aliphatic rings. The third kappa shape index (κ3) is 6.49. The zero-order chi connectivity index (χ0) is 23.0. The second-order valence-electron chi connectivity index (χ2n) is 8.84. The first kappa shape index (κ1) is 23.1. The van der Waals surface area contributed by atoms with Gasteiger partial charge in [-0.1, -0.05) is 12.8 Å². The van der Waals surface area contributed by atoms with Gasteiger partial charge in [0, 0.05) is 68.5 Å². The molecule has 0 aromatic carbocycles. The van der Waals surface area contributed by atoms with Crippen molar-refractivity contribution < 1.29 is 4.79 Å². The van der Waals surface area contributed by atoms with Crippen LogP contribution in [-0.4, -0.2) is 84.4 Å². The van der Waals surface area contributed by atoms with Crippen LogP contribution in [0.15, 0.2) is 35.6 Å². The van der Waals surface area contributed by atoms with Crippen LogP contribution in [0.1, 0.15) is 31.2 Å². The normalized spacial score (nSPS) is 18.9. The first-order valence-electron chi connectivity index (χ1n) is 11.8. The Morgan fingerprint density at radius 1 is 1.21 bits per heavy atom. The highest BCUT2D eigenvalue weighted by molar-refractivity contribution is 6.10. The van der Waals surface area contributed by atoms with Gasteiger partial charge in [0.25, 0.3) is 0 Å². The SMILES string of the molecule is CN1CCN(CCN=CC(=CN)c2cnc3ccc(NC(=O)NC4CCCC4)nc3c2)CC1. The van der Waals surface area contributed by atoms with Crippen molar-refractivity contribution in [2.45, 2.75) is 31.7 Å². The van der Waals surface area contributed by atoms with Crippen LogP contribution in [0.4, 0.5) is 10.6 Å². The van der Waals surface area contributed by atoms with E-state index in [1.165, 1.54) is 12.8 Å². The van der Waals surface area contributed by atoms with E-state index in [4.69, 9.17) is 5.73 Å². The molecule has 2 amide bonds. The van der Waals surface area contributed by atoms with Crippen molar-refractivity contribution in [3.8, 4) is 0 Å². The van der Waals surface area contributed by atoms with Crippen molar-refractivity contribution in [1.29, 1.82) is 0 Å². The molecule has 0 spiro atoms. The van der Waals surface area contributed by atoms with E-state index in [0.29, 0.717) is 11.3 Å². The molecule has 1 saturated heterocycles. The number of carbonyl (C=O) groups excluding carboxylic acids is 1. The number of allylic oxidation sites excluding steroid dienone is 1. The Morgan fingerprint density at radius 3 is 2.76 bits per heavy atom. The number of nitrogens with two attached hydrogens (primary N) is 1. The summed E-state index contributed by atoms with van der Waals surface area (Å²) in [6, 6.07) is 5.59. The molecule has 2 aromatic heterocycles. The smallest absolute Gasteiger partial charge is 0.320 e. The van der Waals surface area contributed by atoms with E-state index < -0.39 is 0 Å². The largest absolute Gasteiger partial charge is 0.404 e. The Morgan fingerprint density at radius 2 is 2.00 bits per heavy atom. The molecule has 1 aliphatic carbocycles. The van der Waals surface area contributed by atoms with E-state index in [-0.39, 0.29) is 12.1 Å². The fourth-order valence-electron chi connectivity index (χ4n) is 4.29. The number of piperazine rings is 1. The quantitative estimate of drug-likeness (QED) is 0.558. The number of fused-ring (bicyclic) bond motifs is 1. The topological polar surface area (TPSA) is 112 Å². The summed E-state index contributed by atoms with van der Waals surface area (Å²) >= 11 is 0. The molecule has 176 valence electrons. The Kier molecular flexibility index (Phi) is 7.85. The maximum Gasteiger partial charge on any atom is 0.320 e. The molecule has 2 aromatic rings. The predicted octanol–water partition coefficient (Wildman–Crippen LogP) is 2.31. The molecule has 33 heavy (non-hydrogen) atoms. The molecular formula is C24H34N8O. The Bertz CT molecular complexity index is 1010. The minimum atomic E-state index is -0.215. The van der Waals surface area contributed by atoms with Crippen LogP contribution in [0.5, 0.6) is 0 Å². The summed E-state index contributed by atoms with van der Waals surface area (Å²) in [6.07, 6.45) is 9.53. The fraction of sp³-hybridized carbons (Fsp3) is 0.500. The van der Waals surface area contributed by atoms with E-state index in [0.717, 1.165) is 68.8 Å². The molecule has 4 rings (SSSR count). The summed E-state index contributed by atoms with van der Waals surface area (Å²) in [5.41, 5.74) is 8.96. The summed E-state index contributed by atoms with van der Waals surface area (Å²) in [7, 11) is 2.16. The number of aromatic nitrogens is 2. The number of anilines is 1. The lowest BCUT2D eigenvalue weighted by Gasteiger charge is -2.31. The van der Waals surface area contributed by atoms with Gasteiger partial charge >= 0.3 is 6.03 Å². The highest BCUT2D eigenvalue weighted by atomic mass is 16.2. The number of aliphatic imine (C=N–C) groups is 1. The van der Waals surface area contributed by atoms with E-state index in [1.54, 1.807) is 24.7 Å². The van der Waals surface area contributed by atoms with Crippen LogP contribution < -0.4 is 16.4 Å². The van der Waals surface area contributed by atoms with Crippen molar-refractivity contribution in [3.05, 3.63) is 36.2 Å². The summed E-state index contributed by atoms with van der Waals surface area (Å²) in [4.78, 5) is 30.7. The van der Waals surface area contributed by atoms with Gasteiger partial charge in [-0.15, -0.1) is 0 Å². The molecule has 0 radical (unpaired) electrons. The first-order valence-corrected chi connectivity index (χ1v) is 11.8. The molecule has 4 N–H and O–H groups in total. The Balaban J connectivity index is 1.37. The van der Waals surface area contributed by atoms with Crippen LogP contribution in [-0.2, 0) is 0 Å². The average molecular weight is 451 g/mol. The number of amides is 2. The average Bonchev–Trinajstić information content (AvgIpc) is 3.33. The van der Waals surface area contributed by atoms with Gasteiger partial charge in [-0.2, -0.15) is 0 Å². The van der Waals surface area contributed by atoms with Gasteiger partial charge in [-0.05, 0) is 38.1 Å². The minimum absolute atomic E-state index is 0.215. The molecule has 1 aliphatic heterocycles. The number of pyridine rings is 2. The van der Waals surface area contributed by atoms with E-state index >= 15 is 0 Å². The van der Waals surface area contributed by atoms with Gasteiger partial charge in [0.2, 0.25) is 0 Å². The zero-order valence-electron chi connectivity index (χ0n) is 19.3. The Hall–Kier alpha value is -3.04. The third-order valence-corrected chi connectivity index (χ3v) is 6.35. The van der Waals surface area contributed by atoms with Crippen LogP contribution >= 0.6 is 0 Å². The number of carbonyl (C=O) groups is 1. The van der Waals surface area contributed by atoms with Crippen molar-refractivity contribution in [2.75, 3.05) is 51.6 Å². The summed E-state index contributed by atoms with van der Waals surface area (Å²) < 4.78 is 0. The zero-order valence-corrected chi connectivity index (χ0v) is 19.3. The van der Waals surface area contributed by atoms with Gasteiger partial charge < -0.3 is 16.0 Å². The molecule has 0 unspecified atom stereocenters. The van der Waals surface area contributed by atoms with Gasteiger partial charge in [-0.25, -0.2) is 9.78 Å². The van der Waals surface area contributed by atoms with Crippen molar-refractivity contribution in [1.82, 2.24) is 25.1 Å². The number of rotatable bonds is 7. The first-order chi connectivity index (χ1) is 16.1. The standard InChI is InChI=1S/C24H34N8O/c1-31-10-12-32(13-11-31)9-8-26-16-19(15-25)18-14-22-21(27-17-18)6-7-23(29-22)30-24(33)28-20-4-2-3-5-20/h6-7,14-17,20H,2-5,8-13,25H2,1H3,(H2,28,29,30,33). The number of likely N-dealkylation sites (N-methyl/N-ethyl adjacent to an activating group) is 1. The minimum Gasteiger partial charge on any atom is -0.404 e. The lowest BCUT2D eigenvalue weighted by Crippen LogP contribution is -2.45. The summed E-state index contributed by atoms with van der Waals surface area (Å²) in [5, 5.41) is 5.85. The second-order valence-corrected chi connectivity index (χ2v) is 8.84. The lowest BCUT2D eigenvalue weighted by atomic mass is 10.1. The van der Waals surface area contributed by atoms with E-state index in [2.05, 4.69) is 42.4 Å². The number of nitrogens with one attached hydrogen (secondary N) is 2. The highest BCUT2D eigenvalue weighted by Crippen LogP contribution is 2.20. The van der Waals surface area contributed by atoms with Crippen LogP contribution in [0.25, 0.3) is 16.6 Å². The van der Waals surface area contributed by atoms with Gasteiger partial charge in [0.05, 0.1) is 17.6 Å². The predicted molar refractivity (Wildman–Crippen MR) is 133 cm³/mol. The molecular weight excluding hydrogens is 416 g/mol. The molecule has 2 fully saturated rings. The molecule has 3 heterocycles. The Labute approximate surface area is 195 Å². The van der Waals surface area contributed by atoms with E-state index in [9.17, 15) is 4.79 Å². The molecule has 0 bridgehead atoms.